The Morgan fingerprint density at radius 3 is 2.76 bits per heavy atom. The number of ether oxygens (including phenoxy) is 1. The van der Waals surface area contributed by atoms with Crippen LogP contribution in [0.25, 0.3) is 0 Å². The lowest BCUT2D eigenvalue weighted by atomic mass is 10.3. The predicted octanol–water partition coefficient (Wildman–Crippen LogP) is 3.11. The van der Waals surface area contributed by atoms with Crippen molar-refractivity contribution in [2.75, 3.05) is 0 Å². The van der Waals surface area contributed by atoms with Gasteiger partial charge in [-0.15, -0.1) is 10.2 Å². The summed E-state index contributed by atoms with van der Waals surface area (Å²) in [5.74, 6) is 1.18. The lowest BCUT2D eigenvalue weighted by Gasteiger charge is -2.03. The molecule has 17 heavy (non-hydrogen) atoms. The maximum Gasteiger partial charge on any atom is 0.253 e. The van der Waals surface area contributed by atoms with Crippen molar-refractivity contribution in [1.29, 1.82) is 0 Å². The summed E-state index contributed by atoms with van der Waals surface area (Å²) in [5, 5.41) is 7.63. The number of aromatic nitrogens is 2. The van der Waals surface area contributed by atoms with E-state index in [1.54, 1.807) is 6.07 Å². The number of halogens is 2. The summed E-state index contributed by atoms with van der Waals surface area (Å²) in [6.07, 6.45) is 0.690. The van der Waals surface area contributed by atoms with Crippen molar-refractivity contribution >= 4 is 15.9 Å². The average molecular weight is 301 g/mol. The van der Waals surface area contributed by atoms with Gasteiger partial charge in [-0.05, 0) is 34.1 Å². The van der Waals surface area contributed by atoms with E-state index in [0.29, 0.717) is 28.4 Å². The number of nitrogens with zero attached hydrogens (tertiary/aromatic N) is 2. The molecule has 0 unspecified atom stereocenters. The molecule has 0 N–H and O–H groups in total. The molecule has 1 aromatic heterocycles. The summed E-state index contributed by atoms with van der Waals surface area (Å²) in [6.45, 7) is 2.10. The number of aryl methyl sites for hydroxylation is 1. The van der Waals surface area contributed by atoms with Crippen LogP contribution in [0.2, 0.25) is 0 Å². The maximum absolute atomic E-state index is 13.0. The Labute approximate surface area is 106 Å². The third-order valence-corrected chi connectivity index (χ3v) is 2.67. The van der Waals surface area contributed by atoms with Gasteiger partial charge >= 0.3 is 0 Å². The van der Waals surface area contributed by atoms with Crippen molar-refractivity contribution < 1.29 is 13.5 Å². The molecule has 0 saturated heterocycles. The van der Waals surface area contributed by atoms with Crippen LogP contribution >= 0.6 is 15.9 Å². The quantitative estimate of drug-likeness (QED) is 0.870. The Balaban J connectivity index is 1.99. The third-order valence-electron chi connectivity index (χ3n) is 2.06. The van der Waals surface area contributed by atoms with Gasteiger partial charge in [-0.2, -0.15) is 0 Å². The zero-order chi connectivity index (χ0) is 12.3. The van der Waals surface area contributed by atoms with Gasteiger partial charge in [0, 0.05) is 6.42 Å². The molecule has 6 heteroatoms. The zero-order valence-corrected chi connectivity index (χ0v) is 10.7. The van der Waals surface area contributed by atoms with Crippen LogP contribution in [0.4, 0.5) is 4.39 Å². The molecule has 0 aliphatic carbocycles. The standard InChI is InChI=1S/C11H10BrFN2O2/c1-2-10-14-15-11(17-10)6-16-7-3-4-9(13)8(12)5-7/h3-5H,2,6H2,1H3. The van der Waals surface area contributed by atoms with Crippen LogP contribution in [0.3, 0.4) is 0 Å². The summed E-state index contributed by atoms with van der Waals surface area (Å²) in [5.41, 5.74) is 0. The summed E-state index contributed by atoms with van der Waals surface area (Å²) in [6, 6.07) is 4.41. The van der Waals surface area contributed by atoms with Crippen LogP contribution in [0.1, 0.15) is 18.7 Å². The van der Waals surface area contributed by atoms with Gasteiger partial charge in [-0.3, -0.25) is 0 Å². The highest BCUT2D eigenvalue weighted by molar-refractivity contribution is 9.10. The SMILES string of the molecule is CCc1nnc(COc2ccc(F)c(Br)c2)o1. The molecule has 90 valence electrons. The summed E-state index contributed by atoms with van der Waals surface area (Å²) < 4.78 is 24.0. The van der Waals surface area contributed by atoms with Crippen molar-refractivity contribution in [1.82, 2.24) is 10.2 Å². The van der Waals surface area contributed by atoms with Gasteiger partial charge in [0.05, 0.1) is 4.47 Å². The van der Waals surface area contributed by atoms with Crippen LogP contribution < -0.4 is 4.74 Å². The van der Waals surface area contributed by atoms with E-state index in [4.69, 9.17) is 9.15 Å². The molecule has 2 aromatic rings. The molecule has 1 heterocycles. The Hall–Kier alpha value is -1.43. The minimum Gasteiger partial charge on any atom is -0.484 e. The molecule has 4 nitrogen and oxygen atoms in total. The molecule has 0 aliphatic heterocycles. The highest BCUT2D eigenvalue weighted by atomic mass is 79.9. The van der Waals surface area contributed by atoms with E-state index in [1.165, 1.54) is 12.1 Å². The lowest BCUT2D eigenvalue weighted by Crippen LogP contribution is -1.96. The molecule has 0 spiro atoms. The minimum absolute atomic E-state index is 0.172. The Morgan fingerprint density at radius 2 is 2.12 bits per heavy atom. The van der Waals surface area contributed by atoms with Crippen molar-refractivity contribution in [2.45, 2.75) is 20.0 Å². The first kappa shape index (κ1) is 12.0. The van der Waals surface area contributed by atoms with Crippen molar-refractivity contribution in [3.05, 3.63) is 40.3 Å². The largest absolute Gasteiger partial charge is 0.484 e. The van der Waals surface area contributed by atoms with Crippen LogP contribution in [-0.2, 0) is 13.0 Å². The van der Waals surface area contributed by atoms with E-state index in [-0.39, 0.29) is 12.4 Å². The number of rotatable bonds is 4. The van der Waals surface area contributed by atoms with Crippen LogP contribution in [0, 0.1) is 5.82 Å². The van der Waals surface area contributed by atoms with E-state index in [2.05, 4.69) is 26.1 Å². The minimum atomic E-state index is -0.330. The first-order chi connectivity index (χ1) is 8.19. The van der Waals surface area contributed by atoms with E-state index in [9.17, 15) is 4.39 Å². The van der Waals surface area contributed by atoms with Gasteiger partial charge in [0.25, 0.3) is 5.89 Å². The fourth-order valence-corrected chi connectivity index (χ4v) is 1.56. The second-order valence-electron chi connectivity index (χ2n) is 3.31. The number of hydrogen-bond donors (Lipinski definition) is 0. The van der Waals surface area contributed by atoms with Crippen LogP contribution in [0.15, 0.2) is 27.1 Å². The van der Waals surface area contributed by atoms with Gasteiger partial charge in [-0.25, -0.2) is 4.39 Å². The first-order valence-electron chi connectivity index (χ1n) is 5.08. The topological polar surface area (TPSA) is 48.2 Å². The van der Waals surface area contributed by atoms with Crippen LogP contribution in [-0.4, -0.2) is 10.2 Å². The van der Waals surface area contributed by atoms with E-state index >= 15 is 0 Å². The van der Waals surface area contributed by atoms with Crippen molar-refractivity contribution in [2.24, 2.45) is 0 Å². The van der Waals surface area contributed by atoms with E-state index in [0.717, 1.165) is 0 Å². The molecule has 0 saturated carbocycles. The molecular formula is C11H10BrFN2O2. The van der Waals surface area contributed by atoms with Crippen molar-refractivity contribution in [3.8, 4) is 5.75 Å². The fraction of sp³-hybridized carbons (Fsp3) is 0.273. The number of benzene rings is 1. The van der Waals surface area contributed by atoms with E-state index < -0.39 is 0 Å². The molecule has 0 bridgehead atoms. The second kappa shape index (κ2) is 5.27. The molecule has 0 radical (unpaired) electrons. The van der Waals surface area contributed by atoms with Gasteiger partial charge < -0.3 is 9.15 Å². The summed E-state index contributed by atoms with van der Waals surface area (Å²) in [7, 11) is 0. The average Bonchev–Trinajstić information content (AvgIpc) is 2.79. The highest BCUT2D eigenvalue weighted by Gasteiger charge is 2.06. The maximum atomic E-state index is 13.0. The third kappa shape index (κ3) is 3.03. The lowest BCUT2D eigenvalue weighted by molar-refractivity contribution is 0.259. The van der Waals surface area contributed by atoms with Gasteiger partial charge in [-0.1, -0.05) is 6.92 Å². The molecule has 0 aliphatic rings. The predicted molar refractivity (Wildman–Crippen MR) is 62.1 cm³/mol. The van der Waals surface area contributed by atoms with Crippen molar-refractivity contribution in [3.63, 3.8) is 0 Å². The Morgan fingerprint density at radius 1 is 1.35 bits per heavy atom. The van der Waals surface area contributed by atoms with Gasteiger partial charge in [0.15, 0.2) is 6.61 Å². The van der Waals surface area contributed by atoms with Gasteiger partial charge in [0.2, 0.25) is 5.89 Å². The molecule has 1 aromatic carbocycles. The summed E-state index contributed by atoms with van der Waals surface area (Å²) in [4.78, 5) is 0. The molecular weight excluding hydrogens is 291 g/mol. The monoisotopic (exact) mass is 300 g/mol. The zero-order valence-electron chi connectivity index (χ0n) is 9.11. The second-order valence-corrected chi connectivity index (χ2v) is 4.16. The number of hydrogen-bond acceptors (Lipinski definition) is 4. The first-order valence-corrected chi connectivity index (χ1v) is 5.87. The smallest absolute Gasteiger partial charge is 0.253 e. The molecule has 0 atom stereocenters. The molecule has 0 amide bonds. The van der Waals surface area contributed by atoms with Gasteiger partial charge in [0.1, 0.15) is 11.6 Å². The normalized spacial score (nSPS) is 10.5. The van der Waals surface area contributed by atoms with E-state index in [1.807, 2.05) is 6.92 Å². The summed E-state index contributed by atoms with van der Waals surface area (Å²) >= 11 is 3.08. The molecule has 2 rings (SSSR count). The highest BCUT2D eigenvalue weighted by Crippen LogP contribution is 2.22. The van der Waals surface area contributed by atoms with Crippen LogP contribution in [0.5, 0.6) is 5.75 Å². The fourth-order valence-electron chi connectivity index (χ4n) is 1.20. The Bertz CT molecular complexity index is 516. The molecule has 0 fully saturated rings. The Kier molecular flexibility index (Phi) is 3.73.